The fourth-order valence-corrected chi connectivity index (χ4v) is 0.878. The molecule has 0 amide bonds. The van der Waals surface area contributed by atoms with E-state index in [0.29, 0.717) is 0 Å². The average Bonchev–Trinajstić information content (AvgIpc) is 2.02. The molecule has 0 saturated carbocycles. The molecule has 0 aliphatic rings. The molecule has 0 aliphatic carbocycles. The Morgan fingerprint density at radius 3 is 2.58 bits per heavy atom. The zero-order valence-electron chi connectivity index (χ0n) is 8.05. The fraction of sp³-hybridized carbons (Fsp3) is 0.545. The molecule has 0 N–H and O–H groups in total. The van der Waals surface area contributed by atoms with Crippen LogP contribution in [0, 0.1) is 0 Å². The van der Waals surface area contributed by atoms with E-state index in [4.69, 9.17) is 0 Å². The van der Waals surface area contributed by atoms with E-state index in [2.05, 4.69) is 13.0 Å². The van der Waals surface area contributed by atoms with Crippen LogP contribution in [0.15, 0.2) is 24.3 Å². The molecule has 0 heterocycles. The number of carbonyl (C=O) groups is 1. The number of rotatable bonds is 6. The largest absolute Gasteiger partial charge is 0.295 e. The quantitative estimate of drug-likeness (QED) is 0.336. The van der Waals surface area contributed by atoms with Gasteiger partial charge in [-0.3, -0.25) is 4.79 Å². The van der Waals surface area contributed by atoms with Crippen LogP contribution in [-0.2, 0) is 4.79 Å². The lowest BCUT2D eigenvalue weighted by atomic mass is 10.2. The number of carbonyl (C=O) groups excluding carboxylic acids is 1. The summed E-state index contributed by atoms with van der Waals surface area (Å²) in [6, 6.07) is 0. The number of unbranched alkanes of at least 4 members (excludes halogenated alkanes) is 3. The smallest absolute Gasteiger partial charge is 0.152 e. The first-order valence-electron chi connectivity index (χ1n) is 4.61. The van der Waals surface area contributed by atoms with Gasteiger partial charge in [-0.05, 0) is 25.8 Å². The monoisotopic (exact) mass is 166 g/mol. The molecule has 68 valence electrons. The third-order valence-corrected chi connectivity index (χ3v) is 1.55. The summed E-state index contributed by atoms with van der Waals surface area (Å²) in [5.41, 5.74) is 0. The summed E-state index contributed by atoms with van der Waals surface area (Å²) in [5, 5.41) is 0. The third kappa shape index (κ3) is 9.15. The van der Waals surface area contributed by atoms with E-state index in [9.17, 15) is 4.79 Å². The molecular formula is C11H18O. The molecule has 0 rings (SSSR count). The molecular weight excluding hydrogens is 148 g/mol. The molecule has 0 spiro atoms. The predicted molar refractivity (Wildman–Crippen MR) is 53.1 cm³/mol. The van der Waals surface area contributed by atoms with Crippen LogP contribution in [0.3, 0.4) is 0 Å². The highest BCUT2D eigenvalue weighted by atomic mass is 16.1. The summed E-state index contributed by atoms with van der Waals surface area (Å²) in [7, 11) is 0. The molecule has 0 radical (unpaired) electrons. The van der Waals surface area contributed by atoms with Crippen LogP contribution >= 0.6 is 0 Å². The number of hydrogen-bond acceptors (Lipinski definition) is 1. The van der Waals surface area contributed by atoms with Gasteiger partial charge in [-0.15, -0.1) is 0 Å². The molecule has 1 heteroatoms. The summed E-state index contributed by atoms with van der Waals surface area (Å²) >= 11 is 0. The van der Waals surface area contributed by atoms with Crippen LogP contribution in [0.25, 0.3) is 0 Å². The molecule has 0 aromatic carbocycles. The maximum absolute atomic E-state index is 10.5. The second-order valence-corrected chi connectivity index (χ2v) is 2.89. The van der Waals surface area contributed by atoms with Crippen molar-refractivity contribution in [3.05, 3.63) is 24.3 Å². The van der Waals surface area contributed by atoms with Gasteiger partial charge in [-0.1, -0.05) is 38.0 Å². The Bertz CT molecular complexity index is 166. The number of allylic oxidation sites excluding steroid dienone is 4. The molecule has 0 atom stereocenters. The Kier molecular flexibility index (Phi) is 7.66. The Hall–Kier alpha value is -0.850. The first-order chi connectivity index (χ1) is 5.77. The first kappa shape index (κ1) is 11.2. The lowest BCUT2D eigenvalue weighted by Crippen LogP contribution is -1.77. The van der Waals surface area contributed by atoms with Crippen LogP contribution in [0.2, 0.25) is 0 Å². The Morgan fingerprint density at radius 2 is 2.00 bits per heavy atom. The molecule has 0 unspecified atom stereocenters. The molecule has 0 fully saturated rings. The SMILES string of the molecule is CCCCCC=CC=CC(C)=O. The highest BCUT2D eigenvalue weighted by Crippen LogP contribution is 1.99. The Balaban J connectivity index is 3.31. The maximum atomic E-state index is 10.5. The predicted octanol–water partition coefficient (Wildman–Crippen LogP) is 3.27. The fourth-order valence-electron chi connectivity index (χ4n) is 0.878. The minimum Gasteiger partial charge on any atom is -0.295 e. The van der Waals surface area contributed by atoms with Crippen molar-refractivity contribution in [1.29, 1.82) is 0 Å². The van der Waals surface area contributed by atoms with Crippen LogP contribution < -0.4 is 0 Å². The molecule has 0 aromatic heterocycles. The van der Waals surface area contributed by atoms with Crippen molar-refractivity contribution in [2.45, 2.75) is 39.5 Å². The lowest BCUT2D eigenvalue weighted by Gasteiger charge is -1.89. The summed E-state index contributed by atoms with van der Waals surface area (Å²) in [6.07, 6.45) is 12.4. The average molecular weight is 166 g/mol. The van der Waals surface area contributed by atoms with Crippen molar-refractivity contribution in [3.8, 4) is 0 Å². The van der Waals surface area contributed by atoms with Gasteiger partial charge >= 0.3 is 0 Å². The summed E-state index contributed by atoms with van der Waals surface area (Å²) in [5.74, 6) is 0.105. The summed E-state index contributed by atoms with van der Waals surface area (Å²) in [4.78, 5) is 10.5. The minimum atomic E-state index is 0.105. The van der Waals surface area contributed by atoms with Crippen molar-refractivity contribution < 1.29 is 4.79 Å². The van der Waals surface area contributed by atoms with Gasteiger partial charge in [0, 0.05) is 0 Å². The van der Waals surface area contributed by atoms with Gasteiger partial charge < -0.3 is 0 Å². The highest BCUT2D eigenvalue weighted by Gasteiger charge is 1.80. The molecule has 1 nitrogen and oxygen atoms in total. The van der Waals surface area contributed by atoms with E-state index in [1.54, 1.807) is 19.1 Å². The minimum absolute atomic E-state index is 0.105. The standard InChI is InChI=1S/C11H18O/c1-3-4-5-6-7-8-9-10-11(2)12/h7-10H,3-6H2,1-2H3. The van der Waals surface area contributed by atoms with E-state index in [0.717, 1.165) is 6.42 Å². The van der Waals surface area contributed by atoms with Crippen molar-refractivity contribution in [2.75, 3.05) is 0 Å². The zero-order chi connectivity index (χ0) is 9.23. The van der Waals surface area contributed by atoms with Gasteiger partial charge in [0.05, 0.1) is 0 Å². The topological polar surface area (TPSA) is 17.1 Å². The Labute approximate surface area is 75.2 Å². The van der Waals surface area contributed by atoms with Gasteiger partial charge in [-0.25, -0.2) is 0 Å². The van der Waals surface area contributed by atoms with Crippen LogP contribution in [0.1, 0.15) is 39.5 Å². The summed E-state index contributed by atoms with van der Waals surface area (Å²) < 4.78 is 0. The molecule has 0 aromatic rings. The lowest BCUT2D eigenvalue weighted by molar-refractivity contribution is -0.112. The van der Waals surface area contributed by atoms with E-state index in [1.165, 1.54) is 19.3 Å². The Morgan fingerprint density at radius 1 is 1.25 bits per heavy atom. The summed E-state index contributed by atoms with van der Waals surface area (Å²) in [6.45, 7) is 3.75. The zero-order valence-corrected chi connectivity index (χ0v) is 8.05. The maximum Gasteiger partial charge on any atom is 0.152 e. The van der Waals surface area contributed by atoms with Gasteiger partial charge in [0.15, 0.2) is 5.78 Å². The third-order valence-electron chi connectivity index (χ3n) is 1.55. The van der Waals surface area contributed by atoms with E-state index < -0.39 is 0 Å². The van der Waals surface area contributed by atoms with E-state index >= 15 is 0 Å². The van der Waals surface area contributed by atoms with Crippen LogP contribution in [0.5, 0.6) is 0 Å². The van der Waals surface area contributed by atoms with Crippen molar-refractivity contribution in [3.63, 3.8) is 0 Å². The number of hydrogen-bond donors (Lipinski definition) is 0. The van der Waals surface area contributed by atoms with Crippen molar-refractivity contribution >= 4 is 5.78 Å². The molecule has 0 bridgehead atoms. The second-order valence-electron chi connectivity index (χ2n) is 2.89. The van der Waals surface area contributed by atoms with Crippen molar-refractivity contribution in [2.24, 2.45) is 0 Å². The van der Waals surface area contributed by atoms with E-state index in [1.807, 2.05) is 6.08 Å². The highest BCUT2D eigenvalue weighted by molar-refractivity contribution is 5.87. The first-order valence-corrected chi connectivity index (χ1v) is 4.61. The molecule has 12 heavy (non-hydrogen) atoms. The second kappa shape index (κ2) is 8.25. The van der Waals surface area contributed by atoms with Crippen molar-refractivity contribution in [1.82, 2.24) is 0 Å². The molecule has 0 aliphatic heterocycles. The normalized spacial score (nSPS) is 11.5. The van der Waals surface area contributed by atoms with Gasteiger partial charge in [0.25, 0.3) is 0 Å². The molecule has 0 saturated heterocycles. The van der Waals surface area contributed by atoms with E-state index in [-0.39, 0.29) is 5.78 Å². The van der Waals surface area contributed by atoms with Gasteiger partial charge in [-0.2, -0.15) is 0 Å². The van der Waals surface area contributed by atoms with Crippen LogP contribution in [0.4, 0.5) is 0 Å². The van der Waals surface area contributed by atoms with Gasteiger partial charge in [0.2, 0.25) is 0 Å². The van der Waals surface area contributed by atoms with Crippen LogP contribution in [-0.4, -0.2) is 5.78 Å². The number of ketones is 1. The van der Waals surface area contributed by atoms with Gasteiger partial charge in [0.1, 0.15) is 0 Å².